The summed E-state index contributed by atoms with van der Waals surface area (Å²) in [5.74, 6) is 0.620. The zero-order chi connectivity index (χ0) is 5.98. The molecule has 0 radical (unpaired) electrons. The molecule has 8 heavy (non-hydrogen) atoms. The minimum atomic E-state index is 0.317. The highest BCUT2D eigenvalue weighted by atomic mass is 16.5. The zero-order valence-electron chi connectivity index (χ0n) is 5.26. The van der Waals surface area contributed by atoms with Crippen molar-refractivity contribution in [2.75, 3.05) is 13.2 Å². The first-order valence-corrected chi connectivity index (χ1v) is 3.14. The van der Waals surface area contributed by atoms with Crippen LogP contribution in [0.4, 0.5) is 0 Å². The van der Waals surface area contributed by atoms with Gasteiger partial charge < -0.3 is 10.5 Å². The maximum atomic E-state index is 5.62. The van der Waals surface area contributed by atoms with Crippen molar-refractivity contribution in [2.45, 2.75) is 19.4 Å². The Morgan fingerprint density at radius 1 is 1.75 bits per heavy atom. The second kappa shape index (κ2) is 2.46. The molecule has 1 rings (SSSR count). The first-order chi connectivity index (χ1) is 3.80. The maximum Gasteiger partial charge on any atom is 0.0509 e. The minimum absolute atomic E-state index is 0.317. The Morgan fingerprint density at radius 2 is 2.50 bits per heavy atom. The van der Waals surface area contributed by atoms with Crippen LogP contribution in [0.1, 0.15) is 13.3 Å². The van der Waals surface area contributed by atoms with E-state index in [0.717, 1.165) is 19.6 Å². The Kier molecular flexibility index (Phi) is 1.86. The molecule has 1 saturated heterocycles. The molecule has 0 aromatic heterocycles. The van der Waals surface area contributed by atoms with E-state index in [9.17, 15) is 0 Å². The van der Waals surface area contributed by atoms with E-state index in [1.54, 1.807) is 0 Å². The van der Waals surface area contributed by atoms with Gasteiger partial charge in [-0.15, -0.1) is 0 Å². The van der Waals surface area contributed by atoms with Crippen molar-refractivity contribution in [3.8, 4) is 0 Å². The molecule has 48 valence electrons. The van der Waals surface area contributed by atoms with Crippen molar-refractivity contribution >= 4 is 0 Å². The van der Waals surface area contributed by atoms with Gasteiger partial charge in [0.25, 0.3) is 0 Å². The number of ether oxygens (including phenoxy) is 1. The molecule has 2 N–H and O–H groups in total. The molecule has 2 heteroatoms. The van der Waals surface area contributed by atoms with E-state index in [-0.39, 0.29) is 0 Å². The lowest BCUT2D eigenvalue weighted by Crippen LogP contribution is -2.26. The normalized spacial score (nSPS) is 33.0. The van der Waals surface area contributed by atoms with Gasteiger partial charge in [-0.1, -0.05) is 0 Å². The molecular weight excluding hydrogens is 102 g/mol. The van der Waals surface area contributed by atoms with Gasteiger partial charge in [0.15, 0.2) is 0 Å². The average molecular weight is 115 g/mol. The second-order valence-electron chi connectivity index (χ2n) is 2.48. The van der Waals surface area contributed by atoms with E-state index in [0.29, 0.717) is 12.0 Å². The molecule has 1 aliphatic heterocycles. The molecule has 0 spiro atoms. The fourth-order valence-corrected chi connectivity index (χ4v) is 0.967. The predicted molar refractivity (Wildman–Crippen MR) is 32.6 cm³/mol. The lowest BCUT2D eigenvalue weighted by Gasteiger charge is -2.09. The topological polar surface area (TPSA) is 35.2 Å². The molecule has 0 saturated carbocycles. The fraction of sp³-hybridized carbons (Fsp3) is 1.00. The molecule has 1 aliphatic rings. The minimum Gasteiger partial charge on any atom is -0.381 e. The van der Waals surface area contributed by atoms with Crippen molar-refractivity contribution in [1.29, 1.82) is 0 Å². The fourth-order valence-electron chi connectivity index (χ4n) is 0.967. The van der Waals surface area contributed by atoms with Gasteiger partial charge >= 0.3 is 0 Å². The molecule has 1 heterocycles. The molecule has 0 amide bonds. The van der Waals surface area contributed by atoms with Crippen LogP contribution < -0.4 is 5.73 Å². The van der Waals surface area contributed by atoms with Gasteiger partial charge in [0, 0.05) is 12.6 Å². The van der Waals surface area contributed by atoms with Crippen LogP contribution in [0.2, 0.25) is 0 Å². The highest BCUT2D eigenvalue weighted by Gasteiger charge is 2.18. The predicted octanol–water partition coefficient (Wildman–Crippen LogP) is 0.370. The Hall–Kier alpha value is -0.0800. The van der Waals surface area contributed by atoms with E-state index in [1.165, 1.54) is 0 Å². The summed E-state index contributed by atoms with van der Waals surface area (Å²) < 4.78 is 5.14. The lowest BCUT2D eigenvalue weighted by atomic mass is 10.0. The number of hydrogen-bond acceptors (Lipinski definition) is 2. The van der Waals surface area contributed by atoms with Crippen LogP contribution in [0.3, 0.4) is 0 Å². The van der Waals surface area contributed by atoms with Crippen molar-refractivity contribution in [3.63, 3.8) is 0 Å². The summed E-state index contributed by atoms with van der Waals surface area (Å²) in [7, 11) is 0. The van der Waals surface area contributed by atoms with Gasteiger partial charge in [0.2, 0.25) is 0 Å². The van der Waals surface area contributed by atoms with E-state index >= 15 is 0 Å². The van der Waals surface area contributed by atoms with Crippen LogP contribution in [0.5, 0.6) is 0 Å². The molecular formula is C6H13NO. The summed E-state index contributed by atoms with van der Waals surface area (Å²) in [6.45, 7) is 3.82. The molecule has 2 atom stereocenters. The number of rotatable bonds is 1. The zero-order valence-corrected chi connectivity index (χ0v) is 5.26. The van der Waals surface area contributed by atoms with Crippen molar-refractivity contribution in [3.05, 3.63) is 0 Å². The van der Waals surface area contributed by atoms with Crippen molar-refractivity contribution in [1.82, 2.24) is 0 Å². The standard InChI is InChI=1S/C6H13NO/c1-5(7)6-2-3-8-4-6/h5-6H,2-4,7H2,1H3/t5-,6+/m0/s1. The van der Waals surface area contributed by atoms with Crippen LogP contribution in [-0.2, 0) is 4.74 Å². The van der Waals surface area contributed by atoms with Gasteiger partial charge in [0.05, 0.1) is 6.61 Å². The lowest BCUT2D eigenvalue weighted by molar-refractivity contribution is 0.182. The third-order valence-corrected chi connectivity index (χ3v) is 1.71. The summed E-state index contributed by atoms with van der Waals surface area (Å²) in [4.78, 5) is 0. The average Bonchev–Trinajstić information content (AvgIpc) is 2.12. The maximum absolute atomic E-state index is 5.62. The first kappa shape index (κ1) is 6.05. The third-order valence-electron chi connectivity index (χ3n) is 1.71. The molecule has 0 aliphatic carbocycles. The summed E-state index contributed by atoms with van der Waals surface area (Å²) in [5.41, 5.74) is 5.62. The molecule has 0 bridgehead atoms. The van der Waals surface area contributed by atoms with Gasteiger partial charge in [-0.2, -0.15) is 0 Å². The molecule has 0 aromatic rings. The van der Waals surface area contributed by atoms with Crippen LogP contribution >= 0.6 is 0 Å². The molecule has 0 unspecified atom stereocenters. The Labute approximate surface area is 50.0 Å². The molecule has 2 nitrogen and oxygen atoms in total. The Bertz CT molecular complexity index is 66.9. The Balaban J connectivity index is 2.24. The molecule has 1 fully saturated rings. The van der Waals surface area contributed by atoms with Gasteiger partial charge in [0.1, 0.15) is 0 Å². The van der Waals surface area contributed by atoms with Gasteiger partial charge in [-0.25, -0.2) is 0 Å². The second-order valence-corrected chi connectivity index (χ2v) is 2.48. The van der Waals surface area contributed by atoms with E-state index in [4.69, 9.17) is 10.5 Å². The van der Waals surface area contributed by atoms with Crippen LogP contribution in [0, 0.1) is 5.92 Å². The smallest absolute Gasteiger partial charge is 0.0509 e. The summed E-state index contributed by atoms with van der Waals surface area (Å²) in [6.07, 6.45) is 1.15. The molecule has 0 aromatic carbocycles. The van der Waals surface area contributed by atoms with Gasteiger partial charge in [-0.3, -0.25) is 0 Å². The van der Waals surface area contributed by atoms with E-state index in [1.807, 2.05) is 6.92 Å². The summed E-state index contributed by atoms with van der Waals surface area (Å²) in [6, 6.07) is 0.317. The quantitative estimate of drug-likeness (QED) is 0.536. The van der Waals surface area contributed by atoms with Crippen molar-refractivity contribution in [2.24, 2.45) is 11.7 Å². The summed E-state index contributed by atoms with van der Waals surface area (Å²) >= 11 is 0. The largest absolute Gasteiger partial charge is 0.381 e. The van der Waals surface area contributed by atoms with Crippen LogP contribution in [-0.4, -0.2) is 19.3 Å². The number of hydrogen-bond donors (Lipinski definition) is 1. The first-order valence-electron chi connectivity index (χ1n) is 3.14. The van der Waals surface area contributed by atoms with E-state index in [2.05, 4.69) is 0 Å². The van der Waals surface area contributed by atoms with Gasteiger partial charge in [-0.05, 0) is 19.3 Å². The third kappa shape index (κ3) is 1.20. The van der Waals surface area contributed by atoms with Crippen molar-refractivity contribution < 1.29 is 4.74 Å². The monoisotopic (exact) mass is 115 g/mol. The highest BCUT2D eigenvalue weighted by Crippen LogP contribution is 2.14. The van der Waals surface area contributed by atoms with E-state index < -0.39 is 0 Å². The highest BCUT2D eigenvalue weighted by molar-refractivity contribution is 4.71. The summed E-state index contributed by atoms with van der Waals surface area (Å²) in [5, 5.41) is 0. The van der Waals surface area contributed by atoms with Crippen LogP contribution in [0.25, 0.3) is 0 Å². The SMILES string of the molecule is C[C@H](N)[C@@H]1CCOC1. The number of nitrogens with two attached hydrogens (primary N) is 1. The van der Waals surface area contributed by atoms with Crippen LogP contribution in [0.15, 0.2) is 0 Å². The Morgan fingerprint density at radius 3 is 2.75 bits per heavy atom.